The Kier molecular flexibility index (Phi) is 6.96. The lowest BCUT2D eigenvalue weighted by atomic mass is 9.94. The van der Waals surface area contributed by atoms with Crippen LogP contribution in [0.5, 0.6) is 5.75 Å². The molecule has 1 aliphatic rings. The van der Waals surface area contributed by atoms with Gasteiger partial charge in [0.15, 0.2) is 5.89 Å². The van der Waals surface area contributed by atoms with Gasteiger partial charge in [0.2, 0.25) is 5.91 Å². The van der Waals surface area contributed by atoms with Crippen molar-refractivity contribution in [2.45, 2.75) is 51.9 Å². The molecule has 6 heteroatoms. The Morgan fingerprint density at radius 2 is 1.90 bits per heavy atom. The van der Waals surface area contributed by atoms with Crippen molar-refractivity contribution in [2.24, 2.45) is 0 Å². The molecule has 0 radical (unpaired) electrons. The Morgan fingerprint density at radius 1 is 1.21 bits per heavy atom. The molecular weight excluding hydrogens is 366 g/mol. The second kappa shape index (κ2) is 9.44. The Balaban J connectivity index is 1.45. The molecule has 0 atom stereocenters. The molecule has 158 valence electrons. The van der Waals surface area contributed by atoms with E-state index in [0.717, 1.165) is 23.7 Å². The summed E-state index contributed by atoms with van der Waals surface area (Å²) in [5, 5.41) is 0. The maximum atomic E-state index is 12.5. The minimum absolute atomic E-state index is 0.0308. The predicted molar refractivity (Wildman–Crippen MR) is 115 cm³/mol. The highest BCUT2D eigenvalue weighted by Gasteiger charge is 2.20. The van der Waals surface area contributed by atoms with Gasteiger partial charge in [0.1, 0.15) is 18.1 Å². The number of nitrogens with zero attached hydrogens (tertiary/aromatic N) is 3. The van der Waals surface area contributed by atoms with Crippen LogP contribution in [-0.2, 0) is 16.6 Å². The number of ether oxygens (including phenoxy) is 1. The minimum Gasteiger partial charge on any atom is -0.492 e. The second-order valence-corrected chi connectivity index (χ2v) is 8.71. The summed E-state index contributed by atoms with van der Waals surface area (Å²) in [7, 11) is 1.79. The van der Waals surface area contributed by atoms with Gasteiger partial charge in [-0.2, -0.15) is 0 Å². The summed E-state index contributed by atoms with van der Waals surface area (Å²) in [6.07, 6.45) is 5.20. The summed E-state index contributed by atoms with van der Waals surface area (Å²) in [4.78, 5) is 20.9. The maximum Gasteiger partial charge on any atom is 0.227 e. The van der Waals surface area contributed by atoms with Crippen molar-refractivity contribution in [3.63, 3.8) is 0 Å². The Labute approximate surface area is 173 Å². The van der Waals surface area contributed by atoms with Crippen molar-refractivity contribution in [3.8, 4) is 5.75 Å². The number of hydrogen-bond donors (Lipinski definition) is 0. The Bertz CT molecular complexity index is 786. The van der Waals surface area contributed by atoms with Crippen LogP contribution < -0.4 is 9.64 Å². The molecule has 1 saturated heterocycles. The summed E-state index contributed by atoms with van der Waals surface area (Å²) in [6.45, 7) is 10.3. The lowest BCUT2D eigenvalue weighted by Gasteiger charge is -2.18. The molecule has 0 bridgehead atoms. The average molecular weight is 400 g/mol. The van der Waals surface area contributed by atoms with Crippen molar-refractivity contribution in [1.29, 1.82) is 0 Å². The molecule has 0 saturated carbocycles. The van der Waals surface area contributed by atoms with Gasteiger partial charge in [-0.05, 0) is 50.2 Å². The number of hydrogen-bond acceptors (Lipinski definition) is 5. The highest BCUT2D eigenvalue weighted by Crippen LogP contribution is 2.24. The van der Waals surface area contributed by atoms with Gasteiger partial charge in [-0.25, -0.2) is 4.98 Å². The third-order valence-electron chi connectivity index (χ3n) is 5.32. The lowest BCUT2D eigenvalue weighted by molar-refractivity contribution is -0.118. The highest BCUT2D eigenvalue weighted by atomic mass is 16.5. The van der Waals surface area contributed by atoms with E-state index in [1.807, 2.05) is 24.3 Å². The standard InChI is InChI=1S/C23H33N3O3/c1-23(2,3)20-17-24-21(29-20)11-12-22(27)25(4)18-7-9-19(10-8-18)28-16-15-26-13-5-6-14-26/h7-10,17H,5-6,11-16H2,1-4H3. The van der Waals surface area contributed by atoms with Crippen LogP contribution in [-0.4, -0.2) is 49.1 Å². The van der Waals surface area contributed by atoms with Crippen molar-refractivity contribution >= 4 is 11.6 Å². The molecule has 3 rings (SSSR count). The van der Waals surface area contributed by atoms with Crippen molar-refractivity contribution in [1.82, 2.24) is 9.88 Å². The van der Waals surface area contributed by atoms with Gasteiger partial charge in [0.05, 0.1) is 6.20 Å². The van der Waals surface area contributed by atoms with Crippen LogP contribution in [0, 0.1) is 0 Å². The van der Waals surface area contributed by atoms with Crippen molar-refractivity contribution in [2.75, 3.05) is 38.2 Å². The summed E-state index contributed by atoms with van der Waals surface area (Å²) < 4.78 is 11.6. The lowest BCUT2D eigenvalue weighted by Crippen LogP contribution is -2.26. The molecule has 1 aliphatic heterocycles. The predicted octanol–water partition coefficient (Wildman–Crippen LogP) is 4.04. The fourth-order valence-electron chi connectivity index (χ4n) is 3.36. The number of likely N-dealkylation sites (tertiary alicyclic amines) is 1. The van der Waals surface area contributed by atoms with Crippen molar-refractivity contribution in [3.05, 3.63) is 42.1 Å². The van der Waals surface area contributed by atoms with E-state index >= 15 is 0 Å². The number of aryl methyl sites for hydroxylation is 1. The van der Waals surface area contributed by atoms with Gasteiger partial charge < -0.3 is 14.1 Å². The van der Waals surface area contributed by atoms with Crippen LogP contribution in [0.25, 0.3) is 0 Å². The summed E-state index contributed by atoms with van der Waals surface area (Å²) in [5.41, 5.74) is 0.773. The number of benzene rings is 1. The first-order valence-corrected chi connectivity index (χ1v) is 10.5. The van der Waals surface area contributed by atoms with Crippen LogP contribution >= 0.6 is 0 Å². The van der Waals surface area contributed by atoms with Crippen LogP contribution in [0.3, 0.4) is 0 Å². The van der Waals surface area contributed by atoms with Gasteiger partial charge in [-0.15, -0.1) is 0 Å². The first kappa shape index (κ1) is 21.4. The topological polar surface area (TPSA) is 58.8 Å². The SMILES string of the molecule is CN(C(=O)CCc1ncc(C(C)(C)C)o1)c1ccc(OCCN2CCCC2)cc1. The minimum atomic E-state index is -0.0790. The molecule has 1 fully saturated rings. The first-order valence-electron chi connectivity index (χ1n) is 10.5. The van der Waals surface area contributed by atoms with E-state index in [4.69, 9.17) is 9.15 Å². The monoisotopic (exact) mass is 399 g/mol. The molecule has 0 unspecified atom stereocenters. The zero-order valence-electron chi connectivity index (χ0n) is 18.1. The number of rotatable bonds is 8. The quantitative estimate of drug-likeness (QED) is 0.670. The molecule has 0 N–H and O–H groups in total. The smallest absolute Gasteiger partial charge is 0.227 e. The molecule has 0 spiro atoms. The molecule has 1 amide bonds. The van der Waals surface area contributed by atoms with Gasteiger partial charge in [-0.3, -0.25) is 9.69 Å². The number of oxazole rings is 1. The third-order valence-corrected chi connectivity index (χ3v) is 5.32. The number of carbonyl (C=O) groups is 1. The van der Waals surface area contributed by atoms with Gasteiger partial charge in [0.25, 0.3) is 0 Å². The van der Waals surface area contributed by atoms with Crippen LogP contribution in [0.15, 0.2) is 34.9 Å². The average Bonchev–Trinajstić information content (AvgIpc) is 3.38. The van der Waals surface area contributed by atoms with E-state index in [9.17, 15) is 4.79 Å². The van der Waals surface area contributed by atoms with E-state index in [1.165, 1.54) is 25.9 Å². The molecular formula is C23H33N3O3. The molecule has 2 heterocycles. The van der Waals surface area contributed by atoms with E-state index in [-0.39, 0.29) is 11.3 Å². The number of amides is 1. The first-order chi connectivity index (χ1) is 13.8. The number of anilines is 1. The molecule has 29 heavy (non-hydrogen) atoms. The van der Waals surface area contributed by atoms with E-state index in [2.05, 4.69) is 30.7 Å². The van der Waals surface area contributed by atoms with Gasteiger partial charge in [-0.1, -0.05) is 20.8 Å². The molecule has 1 aromatic heterocycles. The number of aromatic nitrogens is 1. The fraction of sp³-hybridized carbons (Fsp3) is 0.565. The Hall–Kier alpha value is -2.34. The van der Waals surface area contributed by atoms with Gasteiger partial charge >= 0.3 is 0 Å². The molecule has 1 aromatic carbocycles. The Morgan fingerprint density at radius 3 is 2.52 bits per heavy atom. The zero-order chi connectivity index (χ0) is 20.9. The fourth-order valence-corrected chi connectivity index (χ4v) is 3.36. The van der Waals surface area contributed by atoms with Crippen LogP contribution in [0.4, 0.5) is 5.69 Å². The normalized spacial score (nSPS) is 14.9. The summed E-state index contributed by atoms with van der Waals surface area (Å²) in [5.74, 6) is 2.32. The molecule has 6 nitrogen and oxygen atoms in total. The summed E-state index contributed by atoms with van der Waals surface area (Å²) >= 11 is 0. The van der Waals surface area contributed by atoms with E-state index < -0.39 is 0 Å². The molecule has 2 aromatic rings. The highest BCUT2D eigenvalue weighted by molar-refractivity contribution is 5.92. The second-order valence-electron chi connectivity index (χ2n) is 8.71. The summed E-state index contributed by atoms with van der Waals surface area (Å²) in [6, 6.07) is 7.69. The molecule has 0 aliphatic carbocycles. The van der Waals surface area contributed by atoms with Gasteiger partial charge in [0, 0.05) is 37.5 Å². The van der Waals surface area contributed by atoms with Crippen LogP contribution in [0.1, 0.15) is 51.7 Å². The maximum absolute atomic E-state index is 12.5. The zero-order valence-corrected chi connectivity index (χ0v) is 18.1. The van der Waals surface area contributed by atoms with E-state index in [1.54, 1.807) is 18.1 Å². The third kappa shape index (κ3) is 6.07. The number of carbonyl (C=O) groups excluding carboxylic acids is 1. The largest absolute Gasteiger partial charge is 0.492 e. The van der Waals surface area contributed by atoms with E-state index in [0.29, 0.717) is 25.3 Å². The van der Waals surface area contributed by atoms with Crippen LogP contribution in [0.2, 0.25) is 0 Å². The van der Waals surface area contributed by atoms with Crippen molar-refractivity contribution < 1.29 is 13.9 Å².